The van der Waals surface area contributed by atoms with Gasteiger partial charge < -0.3 is 4.74 Å². The molecular weight excluding hydrogens is 223 g/mol. The van der Waals surface area contributed by atoms with E-state index in [1.54, 1.807) is 23.5 Å². The van der Waals surface area contributed by atoms with Crippen LogP contribution in [0.5, 0.6) is 5.75 Å². The summed E-state index contributed by atoms with van der Waals surface area (Å²) in [5.74, 6) is 0.0474. The van der Waals surface area contributed by atoms with E-state index in [0.29, 0.717) is 12.4 Å². The summed E-state index contributed by atoms with van der Waals surface area (Å²) >= 11 is 1.66. The fraction of sp³-hybridized carbons (Fsp3) is 0.231. The van der Waals surface area contributed by atoms with Crippen LogP contribution in [0.2, 0.25) is 0 Å². The van der Waals surface area contributed by atoms with E-state index in [-0.39, 0.29) is 5.82 Å². The summed E-state index contributed by atoms with van der Waals surface area (Å²) in [6, 6.07) is 6.96. The first-order valence-corrected chi connectivity index (χ1v) is 6.10. The van der Waals surface area contributed by atoms with Crippen LogP contribution in [0.25, 0.3) is 0 Å². The maximum absolute atomic E-state index is 13.3. The van der Waals surface area contributed by atoms with Crippen molar-refractivity contribution in [2.75, 3.05) is 6.61 Å². The Labute approximate surface area is 98.5 Å². The highest BCUT2D eigenvalue weighted by atomic mass is 32.1. The molecule has 0 aliphatic rings. The van der Waals surface area contributed by atoms with Crippen molar-refractivity contribution in [2.45, 2.75) is 13.3 Å². The van der Waals surface area contributed by atoms with E-state index in [9.17, 15) is 4.39 Å². The van der Waals surface area contributed by atoms with Gasteiger partial charge in [-0.15, -0.1) is 0 Å². The summed E-state index contributed by atoms with van der Waals surface area (Å²) in [6.07, 6.45) is 0.816. The molecule has 0 saturated carbocycles. The molecule has 1 aromatic carbocycles. The summed E-state index contributed by atoms with van der Waals surface area (Å²) in [4.78, 5) is 0. The van der Waals surface area contributed by atoms with Crippen molar-refractivity contribution in [3.05, 3.63) is 52.0 Å². The highest BCUT2D eigenvalue weighted by Gasteiger charge is 2.03. The molecule has 0 amide bonds. The molecule has 0 spiro atoms. The molecule has 0 unspecified atom stereocenters. The van der Waals surface area contributed by atoms with Gasteiger partial charge in [0.15, 0.2) is 11.6 Å². The van der Waals surface area contributed by atoms with Gasteiger partial charge in [0.25, 0.3) is 0 Å². The van der Waals surface area contributed by atoms with Gasteiger partial charge in [-0.05, 0) is 47.0 Å². The van der Waals surface area contributed by atoms with Crippen LogP contribution in [0.3, 0.4) is 0 Å². The zero-order valence-corrected chi connectivity index (χ0v) is 9.89. The molecule has 16 heavy (non-hydrogen) atoms. The van der Waals surface area contributed by atoms with Gasteiger partial charge in [-0.2, -0.15) is 11.3 Å². The van der Waals surface area contributed by atoms with E-state index in [4.69, 9.17) is 4.74 Å². The molecule has 0 bridgehead atoms. The molecule has 3 heteroatoms. The number of aryl methyl sites for hydroxylation is 1. The second-order valence-electron chi connectivity index (χ2n) is 3.66. The third kappa shape index (κ3) is 2.83. The predicted molar refractivity (Wildman–Crippen MR) is 64.7 cm³/mol. The number of ether oxygens (including phenoxy) is 1. The van der Waals surface area contributed by atoms with Crippen molar-refractivity contribution < 1.29 is 9.13 Å². The van der Waals surface area contributed by atoms with Crippen molar-refractivity contribution in [3.8, 4) is 5.75 Å². The summed E-state index contributed by atoms with van der Waals surface area (Å²) < 4.78 is 18.7. The second kappa shape index (κ2) is 5.12. The lowest BCUT2D eigenvalue weighted by Gasteiger charge is -2.07. The van der Waals surface area contributed by atoms with Gasteiger partial charge in [-0.1, -0.05) is 6.07 Å². The van der Waals surface area contributed by atoms with Crippen molar-refractivity contribution in [1.82, 2.24) is 0 Å². The Bertz CT molecular complexity index is 451. The number of hydrogen-bond acceptors (Lipinski definition) is 2. The minimum atomic E-state index is -0.295. The summed E-state index contributed by atoms with van der Waals surface area (Å²) in [5.41, 5.74) is 2.24. The topological polar surface area (TPSA) is 9.23 Å². The van der Waals surface area contributed by atoms with E-state index < -0.39 is 0 Å². The largest absolute Gasteiger partial charge is 0.490 e. The van der Waals surface area contributed by atoms with Crippen LogP contribution < -0.4 is 4.74 Å². The van der Waals surface area contributed by atoms with Crippen LogP contribution in [-0.4, -0.2) is 6.61 Å². The molecular formula is C13H13FOS. The van der Waals surface area contributed by atoms with E-state index in [1.807, 2.05) is 12.3 Å². The lowest BCUT2D eigenvalue weighted by atomic mass is 10.2. The number of thiophene rings is 1. The first-order valence-electron chi connectivity index (χ1n) is 5.16. The zero-order chi connectivity index (χ0) is 11.4. The Morgan fingerprint density at radius 3 is 2.94 bits per heavy atom. The first-order chi connectivity index (χ1) is 7.75. The summed E-state index contributed by atoms with van der Waals surface area (Å²) in [6.45, 7) is 2.43. The molecule has 0 radical (unpaired) electrons. The van der Waals surface area contributed by atoms with Gasteiger partial charge in [0.2, 0.25) is 0 Å². The molecule has 1 nitrogen and oxygen atoms in total. The van der Waals surface area contributed by atoms with Gasteiger partial charge >= 0.3 is 0 Å². The normalized spacial score (nSPS) is 10.4. The van der Waals surface area contributed by atoms with Gasteiger partial charge in [0, 0.05) is 6.42 Å². The Kier molecular flexibility index (Phi) is 3.57. The van der Waals surface area contributed by atoms with Crippen LogP contribution in [0.15, 0.2) is 35.0 Å². The van der Waals surface area contributed by atoms with Crippen LogP contribution in [0.1, 0.15) is 11.1 Å². The minimum absolute atomic E-state index is 0.295. The minimum Gasteiger partial charge on any atom is -0.490 e. The van der Waals surface area contributed by atoms with Crippen LogP contribution in [0, 0.1) is 12.7 Å². The maximum Gasteiger partial charge on any atom is 0.165 e. The molecule has 2 aromatic rings. The average molecular weight is 236 g/mol. The average Bonchev–Trinajstić information content (AvgIpc) is 2.76. The Balaban J connectivity index is 1.92. The highest BCUT2D eigenvalue weighted by Crippen LogP contribution is 2.18. The Morgan fingerprint density at radius 2 is 2.19 bits per heavy atom. The summed E-state index contributed by atoms with van der Waals surface area (Å²) in [5, 5.41) is 4.11. The number of hydrogen-bond donors (Lipinski definition) is 0. The van der Waals surface area contributed by atoms with Crippen molar-refractivity contribution in [1.29, 1.82) is 0 Å². The highest BCUT2D eigenvalue weighted by molar-refractivity contribution is 7.07. The maximum atomic E-state index is 13.3. The molecule has 0 saturated heterocycles. The van der Waals surface area contributed by atoms with Crippen LogP contribution >= 0.6 is 11.3 Å². The van der Waals surface area contributed by atoms with E-state index in [0.717, 1.165) is 12.0 Å². The van der Waals surface area contributed by atoms with Gasteiger partial charge in [0.05, 0.1) is 6.61 Å². The molecule has 0 atom stereocenters. The van der Waals surface area contributed by atoms with Crippen LogP contribution in [0.4, 0.5) is 4.39 Å². The van der Waals surface area contributed by atoms with Crippen molar-refractivity contribution >= 4 is 11.3 Å². The number of halogens is 1. The Morgan fingerprint density at radius 1 is 1.31 bits per heavy atom. The monoisotopic (exact) mass is 236 g/mol. The van der Waals surface area contributed by atoms with Gasteiger partial charge in [-0.25, -0.2) is 4.39 Å². The quantitative estimate of drug-likeness (QED) is 0.784. The molecule has 0 aliphatic carbocycles. The SMILES string of the molecule is Cc1ccc(F)c(OCCc2ccsc2)c1. The lowest BCUT2D eigenvalue weighted by molar-refractivity contribution is 0.305. The lowest BCUT2D eigenvalue weighted by Crippen LogP contribution is -2.02. The third-order valence-corrected chi connectivity index (χ3v) is 3.05. The smallest absolute Gasteiger partial charge is 0.165 e. The van der Waals surface area contributed by atoms with Gasteiger partial charge in [0.1, 0.15) is 0 Å². The molecule has 0 fully saturated rings. The van der Waals surface area contributed by atoms with E-state index >= 15 is 0 Å². The van der Waals surface area contributed by atoms with E-state index in [2.05, 4.69) is 11.4 Å². The molecule has 0 aliphatic heterocycles. The van der Waals surface area contributed by atoms with Crippen LogP contribution in [-0.2, 0) is 6.42 Å². The zero-order valence-electron chi connectivity index (χ0n) is 9.07. The first kappa shape index (κ1) is 11.1. The summed E-state index contributed by atoms with van der Waals surface area (Å²) in [7, 11) is 0. The number of benzene rings is 1. The van der Waals surface area contributed by atoms with Crippen molar-refractivity contribution in [3.63, 3.8) is 0 Å². The fourth-order valence-corrected chi connectivity index (χ4v) is 2.14. The molecule has 0 N–H and O–H groups in total. The third-order valence-electron chi connectivity index (χ3n) is 2.32. The number of rotatable bonds is 4. The molecule has 2 rings (SSSR count). The second-order valence-corrected chi connectivity index (χ2v) is 4.44. The Hall–Kier alpha value is -1.35. The predicted octanol–water partition coefficient (Wildman–Crippen LogP) is 3.82. The van der Waals surface area contributed by atoms with Gasteiger partial charge in [-0.3, -0.25) is 0 Å². The molecule has 1 aromatic heterocycles. The fourth-order valence-electron chi connectivity index (χ4n) is 1.43. The standard InChI is InChI=1S/C13H13FOS/c1-10-2-3-12(14)13(8-10)15-6-4-11-5-7-16-9-11/h2-3,5,7-9H,4,6H2,1H3. The molecule has 84 valence electrons. The van der Waals surface area contributed by atoms with Crippen molar-refractivity contribution in [2.24, 2.45) is 0 Å². The van der Waals surface area contributed by atoms with E-state index in [1.165, 1.54) is 11.6 Å². The molecule has 1 heterocycles.